The van der Waals surface area contributed by atoms with Gasteiger partial charge in [0.2, 0.25) is 0 Å². The highest BCUT2D eigenvalue weighted by Gasteiger charge is 2.32. The standard InChI is InChI=1S/C28H34N6O6S/c1-5-34-10-6-7-21(34)17-11-24(38-3)27(25(12-17)39-4)41(35,36)33-28-18-13-23(37-2)20(14-22(18)40-32-28)29-26-15-19(30-31-26)16-8-9-16/h11-16,21H,5-10H2,1-4H3,(H,32,33)(H2,29,30,31)/t21-/m1/s1. The van der Waals surface area contributed by atoms with E-state index in [0.29, 0.717) is 34.1 Å². The lowest BCUT2D eigenvalue weighted by Crippen LogP contribution is -2.23. The van der Waals surface area contributed by atoms with Crippen LogP contribution in [0.5, 0.6) is 17.2 Å². The summed E-state index contributed by atoms with van der Waals surface area (Å²) < 4.78 is 52.4. The van der Waals surface area contributed by atoms with Crippen molar-refractivity contribution in [2.75, 3.05) is 44.5 Å². The Balaban J connectivity index is 1.31. The first-order valence-electron chi connectivity index (χ1n) is 13.7. The van der Waals surface area contributed by atoms with Crippen LogP contribution < -0.4 is 24.2 Å². The third kappa shape index (κ3) is 5.15. The minimum atomic E-state index is -4.20. The second kappa shape index (κ2) is 10.8. The highest BCUT2D eigenvalue weighted by Crippen LogP contribution is 2.43. The molecule has 12 nitrogen and oxygen atoms in total. The van der Waals surface area contributed by atoms with Crippen LogP contribution >= 0.6 is 0 Å². The van der Waals surface area contributed by atoms with Crippen LogP contribution in [0.25, 0.3) is 11.0 Å². The lowest BCUT2D eigenvalue weighted by atomic mass is 10.0. The first-order valence-corrected chi connectivity index (χ1v) is 15.2. The normalized spacial score (nSPS) is 17.6. The zero-order chi connectivity index (χ0) is 28.7. The van der Waals surface area contributed by atoms with E-state index < -0.39 is 10.0 Å². The number of likely N-dealkylation sites (tertiary alicyclic amines) is 1. The van der Waals surface area contributed by atoms with Crippen molar-refractivity contribution < 1.29 is 27.2 Å². The fourth-order valence-corrected chi connectivity index (χ4v) is 6.88. The van der Waals surface area contributed by atoms with Crippen molar-refractivity contribution >= 4 is 38.3 Å². The molecule has 3 heterocycles. The number of ether oxygens (including phenoxy) is 3. The maximum atomic E-state index is 13.8. The molecule has 1 aliphatic heterocycles. The third-order valence-electron chi connectivity index (χ3n) is 7.81. The highest BCUT2D eigenvalue weighted by molar-refractivity contribution is 7.93. The van der Waals surface area contributed by atoms with Crippen LogP contribution in [0, 0.1) is 0 Å². The number of aromatic nitrogens is 3. The van der Waals surface area contributed by atoms with Gasteiger partial charge in [-0.3, -0.25) is 14.7 Å². The molecule has 2 aromatic heterocycles. The number of methoxy groups -OCH3 is 3. The van der Waals surface area contributed by atoms with Gasteiger partial charge in [-0.25, -0.2) is 8.42 Å². The van der Waals surface area contributed by atoms with E-state index in [1.54, 1.807) is 24.3 Å². The van der Waals surface area contributed by atoms with Crippen molar-refractivity contribution in [3.05, 3.63) is 41.6 Å². The van der Waals surface area contributed by atoms with Crippen molar-refractivity contribution in [2.24, 2.45) is 0 Å². The molecule has 41 heavy (non-hydrogen) atoms. The summed E-state index contributed by atoms with van der Waals surface area (Å²) in [5, 5.41) is 15.1. The molecule has 13 heteroatoms. The molecule has 0 spiro atoms. The Kier molecular flexibility index (Phi) is 7.16. The number of aromatic amines is 1. The molecule has 1 aliphatic carbocycles. The van der Waals surface area contributed by atoms with Gasteiger partial charge in [-0.1, -0.05) is 12.1 Å². The molecule has 0 amide bonds. The number of rotatable bonds is 11. The molecule has 2 fully saturated rings. The summed E-state index contributed by atoms with van der Waals surface area (Å²) in [7, 11) is 0.221. The Morgan fingerprint density at radius 1 is 1.02 bits per heavy atom. The molecule has 2 aliphatic rings. The van der Waals surface area contributed by atoms with Gasteiger partial charge >= 0.3 is 0 Å². The van der Waals surface area contributed by atoms with Crippen molar-refractivity contribution in [1.82, 2.24) is 20.3 Å². The summed E-state index contributed by atoms with van der Waals surface area (Å²) >= 11 is 0. The van der Waals surface area contributed by atoms with Crippen LogP contribution in [-0.4, -0.2) is 63.1 Å². The van der Waals surface area contributed by atoms with Gasteiger partial charge in [0, 0.05) is 29.8 Å². The van der Waals surface area contributed by atoms with E-state index in [2.05, 4.69) is 37.2 Å². The monoisotopic (exact) mass is 582 g/mol. The molecule has 0 unspecified atom stereocenters. The van der Waals surface area contributed by atoms with Crippen LogP contribution in [0.1, 0.15) is 55.8 Å². The van der Waals surface area contributed by atoms with Crippen molar-refractivity contribution in [1.29, 1.82) is 0 Å². The Bertz CT molecular complexity index is 1650. The first-order chi connectivity index (χ1) is 19.8. The summed E-state index contributed by atoms with van der Waals surface area (Å²) in [5.41, 5.74) is 3.01. The molecule has 0 bridgehead atoms. The summed E-state index contributed by atoms with van der Waals surface area (Å²) in [6.45, 7) is 4.02. The molecule has 2 aromatic carbocycles. The molecule has 1 atom stereocenters. The van der Waals surface area contributed by atoms with E-state index in [0.717, 1.165) is 50.0 Å². The van der Waals surface area contributed by atoms with Crippen LogP contribution in [0.4, 0.5) is 17.3 Å². The molecule has 218 valence electrons. The lowest BCUT2D eigenvalue weighted by molar-refractivity contribution is 0.269. The summed E-state index contributed by atoms with van der Waals surface area (Å²) in [4.78, 5) is 2.25. The number of nitrogens with one attached hydrogen (secondary N) is 3. The van der Waals surface area contributed by atoms with Gasteiger partial charge in [0.1, 0.15) is 17.2 Å². The van der Waals surface area contributed by atoms with Gasteiger partial charge in [-0.05, 0) is 62.5 Å². The summed E-state index contributed by atoms with van der Waals surface area (Å²) in [5.74, 6) is 2.05. The van der Waals surface area contributed by atoms with Gasteiger partial charge in [0.15, 0.2) is 22.1 Å². The summed E-state index contributed by atoms with van der Waals surface area (Å²) in [6, 6.07) is 9.06. The zero-order valence-corrected chi connectivity index (χ0v) is 24.3. The van der Waals surface area contributed by atoms with Crippen molar-refractivity contribution in [3.63, 3.8) is 0 Å². The average molecular weight is 583 g/mol. The minimum Gasteiger partial charge on any atom is -0.495 e. The van der Waals surface area contributed by atoms with Gasteiger partial charge in [0.05, 0.1) is 32.4 Å². The maximum absolute atomic E-state index is 13.8. The van der Waals surface area contributed by atoms with Crippen LogP contribution in [0.15, 0.2) is 39.8 Å². The number of sulfonamides is 1. The number of anilines is 3. The molecule has 1 saturated heterocycles. The van der Waals surface area contributed by atoms with E-state index in [1.807, 2.05) is 6.07 Å². The lowest BCUT2D eigenvalue weighted by Gasteiger charge is -2.25. The fraction of sp³-hybridized carbons (Fsp3) is 0.429. The van der Waals surface area contributed by atoms with Gasteiger partial charge < -0.3 is 24.1 Å². The SMILES string of the molecule is CCN1CCC[C@@H]1c1cc(OC)c(S(=O)(=O)Nc2noc3cc(Nc4cc(C5CC5)[nH]n4)c(OC)cc23)c(OC)c1. The third-order valence-corrected chi connectivity index (χ3v) is 9.21. The summed E-state index contributed by atoms with van der Waals surface area (Å²) in [6.07, 6.45) is 4.38. The van der Waals surface area contributed by atoms with Crippen molar-refractivity contribution in [2.45, 2.75) is 49.5 Å². The molecular formula is C28H34N6O6S. The molecule has 4 aromatic rings. The highest BCUT2D eigenvalue weighted by atomic mass is 32.2. The molecule has 0 radical (unpaired) electrons. The van der Waals surface area contributed by atoms with E-state index >= 15 is 0 Å². The molecular weight excluding hydrogens is 548 g/mol. The average Bonchev–Trinajstić information content (AvgIpc) is 3.35. The Morgan fingerprint density at radius 3 is 2.41 bits per heavy atom. The fourth-order valence-electron chi connectivity index (χ4n) is 5.56. The number of H-pyrrole nitrogens is 1. The molecule has 3 N–H and O–H groups in total. The smallest absolute Gasteiger partial charge is 0.270 e. The predicted octanol–water partition coefficient (Wildman–Crippen LogP) is 5.16. The van der Waals surface area contributed by atoms with Crippen LogP contribution in [0.2, 0.25) is 0 Å². The van der Waals surface area contributed by atoms with Crippen molar-refractivity contribution in [3.8, 4) is 17.2 Å². The molecule has 1 saturated carbocycles. The van der Waals surface area contributed by atoms with Gasteiger partial charge in [0.25, 0.3) is 10.0 Å². The largest absolute Gasteiger partial charge is 0.495 e. The van der Waals surface area contributed by atoms with E-state index in [1.165, 1.54) is 21.3 Å². The molecule has 6 rings (SSSR count). The topological polar surface area (TPSA) is 144 Å². The second-order valence-electron chi connectivity index (χ2n) is 10.3. The van der Waals surface area contributed by atoms with E-state index in [4.69, 9.17) is 18.7 Å². The van der Waals surface area contributed by atoms with Crippen LogP contribution in [0.3, 0.4) is 0 Å². The Labute approximate surface area is 238 Å². The second-order valence-corrected chi connectivity index (χ2v) is 12.0. The predicted molar refractivity (Wildman–Crippen MR) is 154 cm³/mol. The van der Waals surface area contributed by atoms with E-state index in [-0.39, 0.29) is 28.3 Å². The minimum absolute atomic E-state index is 0.0155. The number of fused-ring (bicyclic) bond motifs is 1. The zero-order valence-electron chi connectivity index (χ0n) is 23.5. The van der Waals surface area contributed by atoms with Crippen LogP contribution in [-0.2, 0) is 10.0 Å². The first kappa shape index (κ1) is 27.2. The van der Waals surface area contributed by atoms with Gasteiger partial charge in [-0.15, -0.1) is 0 Å². The van der Waals surface area contributed by atoms with Gasteiger partial charge in [-0.2, -0.15) is 5.10 Å². The number of hydrogen-bond acceptors (Lipinski definition) is 10. The Hall–Kier alpha value is -3.97. The number of hydrogen-bond donors (Lipinski definition) is 3. The quantitative estimate of drug-likeness (QED) is 0.217. The number of benzene rings is 2. The maximum Gasteiger partial charge on any atom is 0.270 e. The Morgan fingerprint density at radius 2 is 1.76 bits per heavy atom. The van der Waals surface area contributed by atoms with E-state index in [9.17, 15) is 8.42 Å². The number of nitrogens with zero attached hydrogens (tertiary/aromatic N) is 3.